The maximum atomic E-state index is 11.0. The van der Waals surface area contributed by atoms with E-state index < -0.39 is 0 Å². The van der Waals surface area contributed by atoms with Crippen LogP contribution in [-0.4, -0.2) is 12.5 Å². The highest BCUT2D eigenvalue weighted by atomic mass is 16.3. The number of hydrogen-bond acceptors (Lipinski definition) is 3. The van der Waals surface area contributed by atoms with E-state index in [1.165, 1.54) is 0 Å². The van der Waals surface area contributed by atoms with Gasteiger partial charge in [-0.1, -0.05) is 0 Å². The molecule has 0 bridgehead atoms. The van der Waals surface area contributed by atoms with E-state index in [4.69, 9.17) is 4.42 Å². The number of carbonyl (C=O) groups is 1. The van der Waals surface area contributed by atoms with Crippen molar-refractivity contribution in [3.63, 3.8) is 0 Å². The lowest BCUT2D eigenvalue weighted by molar-refractivity contribution is 0.112. The topological polar surface area (TPSA) is 42.6 Å². The predicted molar refractivity (Wildman–Crippen MR) is 63.0 cm³/mol. The largest absolute Gasteiger partial charge is 0.463 e. The molecule has 1 aliphatic rings. The van der Waals surface area contributed by atoms with E-state index in [0.717, 1.165) is 33.9 Å². The van der Waals surface area contributed by atoms with Gasteiger partial charge in [-0.05, 0) is 24.6 Å². The van der Waals surface area contributed by atoms with Crippen LogP contribution in [0, 0.1) is 6.92 Å². The fraction of sp³-hybridized carbons (Fsp3) is 0.0769. The van der Waals surface area contributed by atoms with Crippen LogP contribution in [0.3, 0.4) is 0 Å². The Morgan fingerprint density at radius 2 is 2.25 bits per heavy atom. The minimum absolute atomic E-state index is 0.662. The third-order valence-corrected chi connectivity index (χ3v) is 2.87. The summed E-state index contributed by atoms with van der Waals surface area (Å²) >= 11 is 0. The molecule has 0 aliphatic carbocycles. The van der Waals surface area contributed by atoms with Crippen molar-refractivity contribution >= 4 is 29.5 Å². The van der Waals surface area contributed by atoms with Crippen LogP contribution in [0.5, 0.6) is 0 Å². The molecule has 78 valence electrons. The van der Waals surface area contributed by atoms with Crippen LogP contribution in [0.15, 0.2) is 27.9 Å². The van der Waals surface area contributed by atoms with Crippen LogP contribution < -0.4 is 0 Å². The maximum Gasteiger partial charge on any atom is 0.150 e. The van der Waals surface area contributed by atoms with Crippen molar-refractivity contribution in [1.29, 1.82) is 0 Å². The molecule has 2 heterocycles. The lowest BCUT2D eigenvalue weighted by Gasteiger charge is -2.03. The molecule has 0 amide bonds. The minimum atomic E-state index is 0.662. The van der Waals surface area contributed by atoms with Crippen LogP contribution in [0.25, 0.3) is 17.0 Å². The van der Waals surface area contributed by atoms with Crippen molar-refractivity contribution < 1.29 is 9.21 Å². The second-order valence-electron chi connectivity index (χ2n) is 3.79. The Morgan fingerprint density at radius 3 is 3.06 bits per heavy atom. The van der Waals surface area contributed by atoms with E-state index >= 15 is 0 Å². The van der Waals surface area contributed by atoms with Crippen molar-refractivity contribution in [2.24, 2.45) is 4.99 Å². The lowest BCUT2D eigenvalue weighted by Crippen LogP contribution is -1.90. The molecule has 0 radical (unpaired) electrons. The van der Waals surface area contributed by atoms with Crippen molar-refractivity contribution in [2.75, 3.05) is 0 Å². The molecule has 3 rings (SSSR count). The molecule has 16 heavy (non-hydrogen) atoms. The highest BCUT2D eigenvalue weighted by molar-refractivity contribution is 6.06. The fourth-order valence-electron chi connectivity index (χ4n) is 2.02. The van der Waals surface area contributed by atoms with Crippen LogP contribution in [-0.2, 0) is 0 Å². The number of rotatable bonds is 1. The molecule has 0 saturated carbocycles. The molecule has 1 aromatic carbocycles. The first-order valence-corrected chi connectivity index (χ1v) is 5.01. The first-order chi connectivity index (χ1) is 7.81. The van der Waals surface area contributed by atoms with Gasteiger partial charge in [0.1, 0.15) is 18.1 Å². The summed E-state index contributed by atoms with van der Waals surface area (Å²) in [6, 6.07) is 1.87. The van der Waals surface area contributed by atoms with Gasteiger partial charge in [0.2, 0.25) is 0 Å². The Balaban J connectivity index is 2.53. The molecular weight excluding hydrogens is 202 g/mol. The van der Waals surface area contributed by atoms with Gasteiger partial charge in [-0.15, -0.1) is 0 Å². The molecule has 0 atom stereocenters. The molecule has 0 fully saturated rings. The van der Waals surface area contributed by atoms with Gasteiger partial charge in [0.05, 0.1) is 0 Å². The monoisotopic (exact) mass is 211 g/mol. The van der Waals surface area contributed by atoms with Crippen molar-refractivity contribution in [3.05, 3.63) is 40.8 Å². The quantitative estimate of drug-likeness (QED) is 0.680. The first kappa shape index (κ1) is 9.09. The summed E-state index contributed by atoms with van der Waals surface area (Å²) in [7, 11) is 0. The average molecular weight is 211 g/mol. The Morgan fingerprint density at radius 1 is 1.38 bits per heavy atom. The molecule has 2 aromatic rings. The number of furan rings is 1. The Labute approximate surface area is 92.1 Å². The van der Waals surface area contributed by atoms with Gasteiger partial charge >= 0.3 is 0 Å². The van der Waals surface area contributed by atoms with Gasteiger partial charge in [-0.3, -0.25) is 9.79 Å². The molecule has 3 heteroatoms. The number of aliphatic imine (C=N–C) groups is 1. The van der Waals surface area contributed by atoms with E-state index in [-0.39, 0.29) is 0 Å². The zero-order chi connectivity index (χ0) is 11.1. The zero-order valence-electron chi connectivity index (χ0n) is 8.73. The van der Waals surface area contributed by atoms with Crippen LogP contribution in [0.4, 0.5) is 0 Å². The summed E-state index contributed by atoms with van der Waals surface area (Å²) in [5, 5.41) is 1.03. The molecular formula is C13H9NO2. The summed E-state index contributed by atoms with van der Waals surface area (Å²) in [6.45, 7) is 1.89. The molecule has 0 spiro atoms. The molecule has 0 N–H and O–H groups in total. The van der Waals surface area contributed by atoms with E-state index in [1.807, 2.05) is 19.1 Å². The predicted octanol–water partition coefficient (Wildman–Crippen LogP) is 2.96. The van der Waals surface area contributed by atoms with E-state index in [9.17, 15) is 4.79 Å². The maximum absolute atomic E-state index is 11.0. The van der Waals surface area contributed by atoms with E-state index in [2.05, 4.69) is 4.99 Å². The van der Waals surface area contributed by atoms with E-state index in [1.54, 1.807) is 18.7 Å². The second-order valence-corrected chi connectivity index (χ2v) is 3.79. The second kappa shape index (κ2) is 3.17. The summed E-state index contributed by atoms with van der Waals surface area (Å²) in [5.41, 5.74) is 4.24. The highest BCUT2D eigenvalue weighted by Gasteiger charge is 2.14. The van der Waals surface area contributed by atoms with Crippen LogP contribution in [0.1, 0.15) is 27.0 Å². The molecule has 0 unspecified atom stereocenters. The van der Waals surface area contributed by atoms with Gasteiger partial charge < -0.3 is 4.42 Å². The standard InChI is InChI=1S/C13H9NO2/c1-8-10(6-15)4-9-2-3-14-5-11-7-16-13(8)12(9)11/h2-7H,1H3. The summed E-state index contributed by atoms with van der Waals surface area (Å²) in [5.74, 6) is 0. The van der Waals surface area contributed by atoms with Crippen LogP contribution in [0.2, 0.25) is 0 Å². The lowest BCUT2D eigenvalue weighted by atomic mass is 9.99. The van der Waals surface area contributed by atoms with Crippen LogP contribution >= 0.6 is 0 Å². The number of carbonyl (C=O) groups excluding carboxylic acids is 1. The number of aryl methyl sites for hydroxylation is 1. The first-order valence-electron chi connectivity index (χ1n) is 5.01. The van der Waals surface area contributed by atoms with Gasteiger partial charge in [0, 0.05) is 34.5 Å². The number of aldehydes is 1. The van der Waals surface area contributed by atoms with Gasteiger partial charge in [-0.25, -0.2) is 0 Å². The van der Waals surface area contributed by atoms with Crippen molar-refractivity contribution in [2.45, 2.75) is 6.92 Å². The highest BCUT2D eigenvalue weighted by Crippen LogP contribution is 2.31. The summed E-state index contributed by atoms with van der Waals surface area (Å²) in [4.78, 5) is 15.1. The van der Waals surface area contributed by atoms with Crippen molar-refractivity contribution in [3.8, 4) is 0 Å². The number of hydrogen-bond donors (Lipinski definition) is 0. The Kier molecular flexibility index (Phi) is 1.80. The summed E-state index contributed by atoms with van der Waals surface area (Å²) in [6.07, 6.45) is 7.90. The molecule has 1 aliphatic heterocycles. The number of benzene rings is 1. The Hall–Kier alpha value is -2.16. The minimum Gasteiger partial charge on any atom is -0.463 e. The van der Waals surface area contributed by atoms with Crippen molar-refractivity contribution in [1.82, 2.24) is 0 Å². The summed E-state index contributed by atoms with van der Waals surface area (Å²) < 4.78 is 5.51. The molecule has 1 aromatic heterocycles. The Bertz CT molecular complexity index is 647. The van der Waals surface area contributed by atoms with Gasteiger partial charge in [0.25, 0.3) is 0 Å². The number of nitrogens with zero attached hydrogens (tertiary/aromatic N) is 1. The fourth-order valence-corrected chi connectivity index (χ4v) is 2.02. The molecule has 3 nitrogen and oxygen atoms in total. The zero-order valence-corrected chi connectivity index (χ0v) is 8.73. The van der Waals surface area contributed by atoms with Gasteiger partial charge in [-0.2, -0.15) is 0 Å². The average Bonchev–Trinajstić information content (AvgIpc) is 2.62. The third kappa shape index (κ3) is 1.08. The SMILES string of the molecule is Cc1c(C=O)cc2c3c(coc13)C=NC=C2. The smallest absolute Gasteiger partial charge is 0.150 e. The normalized spacial score (nSPS) is 13.1. The van der Waals surface area contributed by atoms with Gasteiger partial charge in [0.15, 0.2) is 0 Å². The molecule has 0 saturated heterocycles. The van der Waals surface area contributed by atoms with E-state index in [0.29, 0.717) is 5.56 Å². The third-order valence-electron chi connectivity index (χ3n) is 2.87.